The van der Waals surface area contributed by atoms with Crippen molar-refractivity contribution < 1.29 is 42.1 Å². The summed E-state index contributed by atoms with van der Waals surface area (Å²) in [4.78, 5) is 37.9. The minimum Gasteiger partial charge on any atom is -0.756 e. The van der Waals surface area contributed by atoms with E-state index in [1.54, 1.807) is 0 Å². The zero-order valence-electron chi connectivity index (χ0n) is 48.5. The largest absolute Gasteiger partial charge is 0.756 e. The van der Waals surface area contributed by atoms with Crippen LogP contribution in [-0.2, 0) is 32.7 Å². The van der Waals surface area contributed by atoms with Crippen molar-refractivity contribution >= 4 is 19.8 Å². The lowest BCUT2D eigenvalue weighted by Gasteiger charge is -2.28. The van der Waals surface area contributed by atoms with Crippen LogP contribution >= 0.6 is 7.82 Å². The third kappa shape index (κ3) is 58.5. The average Bonchev–Trinajstić information content (AvgIpc) is 3.36. The van der Waals surface area contributed by atoms with Crippen molar-refractivity contribution in [2.45, 2.75) is 264 Å². The highest BCUT2D eigenvalue weighted by Gasteiger charge is 2.22. The molecule has 0 aromatic carbocycles. The van der Waals surface area contributed by atoms with Gasteiger partial charge < -0.3 is 27.9 Å². The molecule has 0 aliphatic heterocycles. The lowest BCUT2D eigenvalue weighted by molar-refractivity contribution is -0.870. The topological polar surface area (TPSA) is 111 Å². The molecule has 9 nitrogen and oxygen atoms in total. The van der Waals surface area contributed by atoms with E-state index in [4.69, 9.17) is 18.5 Å². The smallest absolute Gasteiger partial charge is 0.306 e. The van der Waals surface area contributed by atoms with E-state index >= 15 is 0 Å². The molecule has 0 saturated carbocycles. The summed E-state index contributed by atoms with van der Waals surface area (Å²) in [5.41, 5.74) is 0. The van der Waals surface area contributed by atoms with E-state index < -0.39 is 32.5 Å². The SMILES string of the molecule is CC/C=C\C/C=C\C/C=C\C/C=C\CCCCCCCCCCCCCCCCCCC(=O)OC(COC(=O)CCCCCCCC/C=C\C/C=C\C/C=C\CCCCCCC)COP(=O)([O-])OCC[N+](C)(C)C. The number of phosphoric ester groups is 1. The predicted octanol–water partition coefficient (Wildman–Crippen LogP) is 18.4. The molecular formula is C64H114NO8P. The second-order valence-electron chi connectivity index (χ2n) is 21.3. The summed E-state index contributed by atoms with van der Waals surface area (Å²) in [6.07, 6.45) is 73.4. The van der Waals surface area contributed by atoms with Crippen LogP contribution in [0.15, 0.2) is 85.1 Å². The summed E-state index contributed by atoms with van der Waals surface area (Å²) in [7, 11) is 1.16. The Bertz CT molecular complexity index is 1520. The molecule has 0 heterocycles. The predicted molar refractivity (Wildman–Crippen MR) is 314 cm³/mol. The summed E-state index contributed by atoms with van der Waals surface area (Å²) < 4.78 is 34.2. The maximum absolute atomic E-state index is 12.8. The number of hydrogen-bond donors (Lipinski definition) is 0. The van der Waals surface area contributed by atoms with Gasteiger partial charge >= 0.3 is 11.9 Å². The van der Waals surface area contributed by atoms with Gasteiger partial charge in [0.2, 0.25) is 0 Å². The number of nitrogens with zero attached hydrogens (tertiary/aromatic N) is 1. The molecule has 0 radical (unpaired) electrons. The van der Waals surface area contributed by atoms with Gasteiger partial charge in [0.05, 0.1) is 27.7 Å². The molecule has 74 heavy (non-hydrogen) atoms. The van der Waals surface area contributed by atoms with E-state index in [1.807, 2.05) is 21.1 Å². The summed E-state index contributed by atoms with van der Waals surface area (Å²) in [5, 5.41) is 0. The molecule has 0 saturated heterocycles. The van der Waals surface area contributed by atoms with Gasteiger partial charge in [-0.3, -0.25) is 14.2 Å². The second kappa shape index (κ2) is 55.0. The number of hydrogen-bond acceptors (Lipinski definition) is 8. The van der Waals surface area contributed by atoms with Crippen molar-refractivity contribution in [1.29, 1.82) is 0 Å². The Balaban J connectivity index is 4.14. The van der Waals surface area contributed by atoms with Crippen molar-refractivity contribution in [2.75, 3.05) is 47.5 Å². The van der Waals surface area contributed by atoms with Gasteiger partial charge in [0.1, 0.15) is 19.8 Å². The maximum Gasteiger partial charge on any atom is 0.306 e. The Morgan fingerprint density at radius 2 is 0.770 bits per heavy atom. The first-order chi connectivity index (χ1) is 36.0. The van der Waals surface area contributed by atoms with Crippen molar-refractivity contribution in [3.05, 3.63) is 85.1 Å². The van der Waals surface area contributed by atoms with Crippen LogP contribution in [0, 0.1) is 0 Å². The van der Waals surface area contributed by atoms with Crippen molar-refractivity contribution in [1.82, 2.24) is 0 Å². The van der Waals surface area contributed by atoms with Crippen LogP contribution in [-0.4, -0.2) is 70.0 Å². The standard InChI is InChI=1S/C64H114NO8P/c1-6-8-10-12-14-16-18-20-22-24-26-28-29-30-31-32-33-34-35-37-39-41-43-45-47-49-51-53-55-57-64(67)73-62(61-72-74(68,69)71-59-58-65(3,4)5)60-70-63(66)56-54-52-50-48-46-44-42-40-38-36-27-25-23-21-19-17-15-13-11-9-7-2/h8,10,14,16,19-22,25-28,38,40,62H,6-7,9,11-13,15,17-18,23-24,29-37,39,41-61H2,1-5H3/b10-8-,16-14-,21-19-,22-20-,27-25-,28-26-,40-38-. The maximum atomic E-state index is 12.8. The highest BCUT2D eigenvalue weighted by molar-refractivity contribution is 7.45. The molecule has 10 heteroatoms. The number of ether oxygens (including phenoxy) is 2. The first-order valence-corrected chi connectivity index (χ1v) is 31.8. The van der Waals surface area contributed by atoms with Gasteiger partial charge in [0.25, 0.3) is 7.82 Å². The van der Waals surface area contributed by atoms with Gasteiger partial charge in [0.15, 0.2) is 6.10 Å². The van der Waals surface area contributed by atoms with Crippen LogP contribution in [0.5, 0.6) is 0 Å². The Morgan fingerprint density at radius 3 is 1.15 bits per heavy atom. The number of phosphoric acid groups is 1. The summed E-state index contributed by atoms with van der Waals surface area (Å²) in [6, 6.07) is 0. The average molecular weight is 1060 g/mol. The molecule has 0 amide bonds. The van der Waals surface area contributed by atoms with Crippen LogP contribution < -0.4 is 4.89 Å². The van der Waals surface area contributed by atoms with Crippen molar-refractivity contribution in [2.24, 2.45) is 0 Å². The number of unbranched alkanes of at least 4 members (excludes halogenated alkanes) is 27. The van der Waals surface area contributed by atoms with Gasteiger partial charge in [-0.15, -0.1) is 0 Å². The van der Waals surface area contributed by atoms with E-state index in [0.29, 0.717) is 23.9 Å². The number of likely N-dealkylation sites (N-methyl/N-ethyl adjacent to an activating group) is 1. The zero-order valence-corrected chi connectivity index (χ0v) is 49.4. The normalized spacial score (nSPS) is 13.9. The zero-order chi connectivity index (χ0) is 54.2. The van der Waals surface area contributed by atoms with Crippen molar-refractivity contribution in [3.8, 4) is 0 Å². The van der Waals surface area contributed by atoms with Crippen LogP contribution in [0.1, 0.15) is 258 Å². The van der Waals surface area contributed by atoms with Crippen molar-refractivity contribution in [3.63, 3.8) is 0 Å². The summed E-state index contributed by atoms with van der Waals surface area (Å²) >= 11 is 0. The molecule has 0 bridgehead atoms. The molecule has 0 fully saturated rings. The summed E-state index contributed by atoms with van der Waals surface area (Å²) in [6.45, 7) is 4.12. The molecule has 0 N–H and O–H groups in total. The molecule has 0 spiro atoms. The first kappa shape index (κ1) is 71.2. The van der Waals surface area contributed by atoms with E-state index in [2.05, 4.69) is 98.9 Å². The van der Waals surface area contributed by atoms with E-state index in [1.165, 1.54) is 135 Å². The van der Waals surface area contributed by atoms with Gasteiger partial charge in [0, 0.05) is 12.8 Å². The Labute approximate surface area is 456 Å². The highest BCUT2D eigenvalue weighted by atomic mass is 31.2. The van der Waals surface area contributed by atoms with Crippen LogP contribution in [0.2, 0.25) is 0 Å². The van der Waals surface area contributed by atoms with E-state index in [9.17, 15) is 19.0 Å². The van der Waals surface area contributed by atoms with Gasteiger partial charge in [-0.25, -0.2) is 0 Å². The fourth-order valence-electron chi connectivity index (χ4n) is 8.24. The Hall–Kier alpha value is -2.81. The Kier molecular flexibility index (Phi) is 52.9. The molecule has 0 rings (SSSR count). The molecule has 2 unspecified atom stereocenters. The molecule has 2 atom stereocenters. The van der Waals surface area contributed by atoms with Crippen LogP contribution in [0.4, 0.5) is 0 Å². The number of carbonyl (C=O) groups is 2. The first-order valence-electron chi connectivity index (χ1n) is 30.3. The van der Waals surface area contributed by atoms with Crippen LogP contribution in [0.3, 0.4) is 0 Å². The van der Waals surface area contributed by atoms with E-state index in [0.717, 1.165) is 83.5 Å². The third-order valence-electron chi connectivity index (χ3n) is 12.9. The summed E-state index contributed by atoms with van der Waals surface area (Å²) in [5.74, 6) is -0.845. The molecule has 428 valence electrons. The van der Waals surface area contributed by atoms with Crippen LogP contribution in [0.25, 0.3) is 0 Å². The lowest BCUT2D eigenvalue weighted by Crippen LogP contribution is -2.37. The minimum absolute atomic E-state index is 0.0357. The van der Waals surface area contributed by atoms with Gasteiger partial charge in [-0.1, -0.05) is 240 Å². The fraction of sp³-hybridized carbons (Fsp3) is 0.750. The number of esters is 2. The molecule has 0 aliphatic rings. The molecule has 0 aromatic rings. The minimum atomic E-state index is -4.64. The number of rotatable bonds is 55. The second-order valence-corrected chi connectivity index (χ2v) is 22.7. The van der Waals surface area contributed by atoms with Gasteiger partial charge in [-0.2, -0.15) is 0 Å². The number of quaternary nitrogens is 1. The fourth-order valence-corrected chi connectivity index (χ4v) is 8.97. The lowest BCUT2D eigenvalue weighted by atomic mass is 10.0. The van der Waals surface area contributed by atoms with E-state index in [-0.39, 0.29) is 26.1 Å². The van der Waals surface area contributed by atoms with Gasteiger partial charge in [-0.05, 0) is 89.9 Å². The molecule has 0 aliphatic carbocycles. The highest BCUT2D eigenvalue weighted by Crippen LogP contribution is 2.38. The monoisotopic (exact) mass is 1060 g/mol. The quantitative estimate of drug-likeness (QED) is 0.0195. The third-order valence-corrected chi connectivity index (χ3v) is 13.9. The Morgan fingerprint density at radius 1 is 0.432 bits per heavy atom. The molecule has 0 aromatic heterocycles. The number of carbonyl (C=O) groups excluding carboxylic acids is 2. The number of allylic oxidation sites excluding steroid dienone is 14. The molecular weight excluding hydrogens is 942 g/mol.